The fourth-order valence-corrected chi connectivity index (χ4v) is 3.09. The minimum Gasteiger partial charge on any atom is -0.507 e. The van der Waals surface area contributed by atoms with Crippen molar-refractivity contribution in [1.82, 2.24) is 14.9 Å². The molecule has 4 aromatic rings. The number of phenols is 1. The molecule has 0 aliphatic carbocycles. The first-order valence-electron chi connectivity index (χ1n) is 7.30. The van der Waals surface area contributed by atoms with Crippen LogP contribution in [-0.2, 0) is 0 Å². The summed E-state index contributed by atoms with van der Waals surface area (Å²) in [7, 11) is 0. The number of benzene rings is 2. The minimum atomic E-state index is 0.133. The fraction of sp³-hybridized carbons (Fsp3) is 0. The highest BCUT2D eigenvalue weighted by atomic mass is 79.9. The van der Waals surface area contributed by atoms with Crippen molar-refractivity contribution in [3.05, 3.63) is 63.5 Å². The van der Waals surface area contributed by atoms with E-state index < -0.39 is 0 Å². The average Bonchev–Trinajstić information content (AvgIpc) is 3.24. The maximum absolute atomic E-state index is 10.2. The third-order valence-electron chi connectivity index (χ3n) is 3.69. The van der Waals surface area contributed by atoms with Crippen molar-refractivity contribution in [1.29, 1.82) is 0 Å². The van der Waals surface area contributed by atoms with Gasteiger partial charge in [-0.2, -0.15) is 9.78 Å². The summed E-state index contributed by atoms with van der Waals surface area (Å²) in [5, 5.41) is 23.3. The molecule has 0 spiro atoms. The number of furan rings is 1. The van der Waals surface area contributed by atoms with Crippen molar-refractivity contribution < 1.29 is 9.52 Å². The molecular formula is C17H11BrN4O2S. The SMILES string of the molecule is Oc1ccc2cc(Br)ccc2c1/C=N\n1c(-c2ccco2)n[nH]c1=S. The van der Waals surface area contributed by atoms with Crippen molar-refractivity contribution in [2.75, 3.05) is 0 Å². The molecule has 0 fully saturated rings. The highest BCUT2D eigenvalue weighted by Crippen LogP contribution is 2.28. The Morgan fingerprint density at radius 1 is 1.28 bits per heavy atom. The number of aromatic hydroxyl groups is 1. The van der Waals surface area contributed by atoms with E-state index in [0.717, 1.165) is 15.2 Å². The number of fused-ring (bicyclic) bond motifs is 1. The Balaban J connectivity index is 1.84. The predicted octanol–water partition coefficient (Wildman–Crippen LogP) is 4.70. The molecule has 2 heterocycles. The molecule has 2 N–H and O–H groups in total. The van der Waals surface area contributed by atoms with Gasteiger partial charge in [-0.15, -0.1) is 5.10 Å². The third kappa shape index (κ3) is 2.90. The highest BCUT2D eigenvalue weighted by Gasteiger charge is 2.11. The van der Waals surface area contributed by atoms with E-state index in [4.69, 9.17) is 16.6 Å². The molecule has 0 saturated carbocycles. The summed E-state index contributed by atoms with van der Waals surface area (Å²) < 4.78 is 8.09. The summed E-state index contributed by atoms with van der Waals surface area (Å²) in [5.41, 5.74) is 0.596. The van der Waals surface area contributed by atoms with Gasteiger partial charge in [0.05, 0.1) is 12.5 Å². The number of H-pyrrole nitrogens is 1. The minimum absolute atomic E-state index is 0.133. The van der Waals surface area contributed by atoms with Gasteiger partial charge >= 0.3 is 0 Å². The summed E-state index contributed by atoms with van der Waals surface area (Å²) in [6.07, 6.45) is 3.11. The quantitative estimate of drug-likeness (QED) is 0.375. The van der Waals surface area contributed by atoms with Gasteiger partial charge in [-0.05, 0) is 53.3 Å². The Morgan fingerprint density at radius 3 is 2.96 bits per heavy atom. The normalized spacial score (nSPS) is 11.6. The Morgan fingerprint density at radius 2 is 2.16 bits per heavy atom. The number of nitrogens with one attached hydrogen (secondary N) is 1. The second-order valence-electron chi connectivity index (χ2n) is 5.25. The topological polar surface area (TPSA) is 79.3 Å². The van der Waals surface area contributed by atoms with Gasteiger partial charge in [0.15, 0.2) is 5.76 Å². The van der Waals surface area contributed by atoms with E-state index in [1.807, 2.05) is 24.3 Å². The lowest BCUT2D eigenvalue weighted by molar-refractivity contribution is 0.475. The van der Waals surface area contributed by atoms with Crippen LogP contribution in [0.3, 0.4) is 0 Å². The molecule has 25 heavy (non-hydrogen) atoms. The molecule has 0 unspecified atom stereocenters. The number of rotatable bonds is 3. The molecule has 4 rings (SSSR count). The number of nitrogens with zero attached hydrogens (tertiary/aromatic N) is 3. The van der Waals surface area contributed by atoms with Gasteiger partial charge in [-0.3, -0.25) is 0 Å². The summed E-state index contributed by atoms with van der Waals surface area (Å²) in [5.74, 6) is 1.12. The first-order valence-corrected chi connectivity index (χ1v) is 8.50. The van der Waals surface area contributed by atoms with E-state index in [9.17, 15) is 5.11 Å². The van der Waals surface area contributed by atoms with Crippen molar-refractivity contribution in [2.45, 2.75) is 0 Å². The van der Waals surface area contributed by atoms with E-state index in [1.165, 1.54) is 4.68 Å². The van der Waals surface area contributed by atoms with Crippen LogP contribution in [0.1, 0.15) is 5.56 Å². The second-order valence-corrected chi connectivity index (χ2v) is 6.55. The zero-order chi connectivity index (χ0) is 17.4. The van der Waals surface area contributed by atoms with Crippen LogP contribution in [0.4, 0.5) is 0 Å². The fourth-order valence-electron chi connectivity index (χ4n) is 2.53. The van der Waals surface area contributed by atoms with Crippen LogP contribution in [0, 0.1) is 4.77 Å². The molecule has 6 nitrogen and oxygen atoms in total. The molecule has 0 atom stereocenters. The van der Waals surface area contributed by atoms with E-state index in [2.05, 4.69) is 31.2 Å². The number of hydrogen-bond donors (Lipinski definition) is 2. The van der Waals surface area contributed by atoms with E-state index >= 15 is 0 Å². The highest BCUT2D eigenvalue weighted by molar-refractivity contribution is 9.10. The van der Waals surface area contributed by atoms with Gasteiger partial charge < -0.3 is 9.52 Å². The van der Waals surface area contributed by atoms with Crippen LogP contribution in [0.5, 0.6) is 5.75 Å². The monoisotopic (exact) mass is 414 g/mol. The first-order chi connectivity index (χ1) is 12.1. The lowest BCUT2D eigenvalue weighted by Gasteiger charge is -2.05. The van der Waals surface area contributed by atoms with E-state index in [-0.39, 0.29) is 5.75 Å². The smallest absolute Gasteiger partial charge is 0.219 e. The molecule has 0 radical (unpaired) electrons. The van der Waals surface area contributed by atoms with Crippen LogP contribution in [0.15, 0.2) is 62.7 Å². The molecule has 0 bridgehead atoms. The summed E-state index contributed by atoms with van der Waals surface area (Å²) in [6, 6.07) is 12.8. The first kappa shape index (κ1) is 15.8. The second kappa shape index (κ2) is 6.30. The Hall–Kier alpha value is -2.71. The van der Waals surface area contributed by atoms with Gasteiger partial charge in [0.25, 0.3) is 0 Å². The largest absolute Gasteiger partial charge is 0.507 e. The van der Waals surface area contributed by atoms with Crippen LogP contribution in [0.2, 0.25) is 0 Å². The van der Waals surface area contributed by atoms with Gasteiger partial charge in [-0.1, -0.05) is 28.1 Å². The summed E-state index contributed by atoms with van der Waals surface area (Å²) >= 11 is 8.68. The number of aromatic amines is 1. The summed E-state index contributed by atoms with van der Waals surface area (Å²) in [4.78, 5) is 0. The number of halogens is 1. The van der Waals surface area contributed by atoms with E-state index in [1.54, 1.807) is 30.7 Å². The Kier molecular flexibility index (Phi) is 3.98. The number of aromatic nitrogens is 3. The van der Waals surface area contributed by atoms with Gasteiger partial charge in [0.1, 0.15) is 5.75 Å². The van der Waals surface area contributed by atoms with Gasteiger partial charge in [0.2, 0.25) is 10.6 Å². The molecule has 0 aliphatic rings. The van der Waals surface area contributed by atoms with Gasteiger partial charge in [0, 0.05) is 10.0 Å². The lowest BCUT2D eigenvalue weighted by Crippen LogP contribution is -1.95. The molecule has 0 saturated heterocycles. The van der Waals surface area contributed by atoms with Crippen molar-refractivity contribution in [2.24, 2.45) is 5.10 Å². The third-order valence-corrected chi connectivity index (χ3v) is 4.45. The predicted molar refractivity (Wildman–Crippen MR) is 101 cm³/mol. The van der Waals surface area contributed by atoms with Crippen molar-refractivity contribution in [3.63, 3.8) is 0 Å². The molecule has 0 aliphatic heterocycles. The van der Waals surface area contributed by atoms with Crippen LogP contribution in [-0.4, -0.2) is 26.2 Å². The molecule has 2 aromatic carbocycles. The molecular weight excluding hydrogens is 404 g/mol. The Bertz CT molecular complexity index is 1150. The van der Waals surface area contributed by atoms with Gasteiger partial charge in [-0.25, -0.2) is 5.10 Å². The van der Waals surface area contributed by atoms with Crippen molar-refractivity contribution >= 4 is 45.1 Å². The zero-order valence-corrected chi connectivity index (χ0v) is 15.1. The zero-order valence-electron chi connectivity index (χ0n) is 12.7. The molecule has 0 amide bonds. The Labute approximate surface area is 155 Å². The number of phenolic OH excluding ortho intramolecular Hbond substituents is 1. The molecule has 2 aromatic heterocycles. The number of hydrogen-bond acceptors (Lipinski definition) is 5. The van der Waals surface area contributed by atoms with E-state index in [0.29, 0.717) is 21.9 Å². The van der Waals surface area contributed by atoms with Crippen LogP contribution >= 0.6 is 28.1 Å². The lowest BCUT2D eigenvalue weighted by atomic mass is 10.0. The molecule has 8 heteroatoms. The van der Waals surface area contributed by atoms with Crippen LogP contribution < -0.4 is 0 Å². The maximum Gasteiger partial charge on any atom is 0.219 e. The maximum atomic E-state index is 10.2. The summed E-state index contributed by atoms with van der Waals surface area (Å²) in [6.45, 7) is 0. The standard InChI is InChI=1S/C17H11BrN4O2S/c18-11-4-5-12-10(8-11)3-6-14(23)13(12)9-19-22-16(20-21-17(22)25)15-2-1-7-24-15/h1-9,23H,(H,21,25)/b19-9-. The molecule has 124 valence electrons. The average molecular weight is 415 g/mol. The van der Waals surface area contributed by atoms with Crippen LogP contribution in [0.25, 0.3) is 22.4 Å². The van der Waals surface area contributed by atoms with Crippen molar-refractivity contribution in [3.8, 4) is 17.3 Å².